The molecular formula is C38H44O14S. The minimum atomic E-state index is -4.64. The zero-order valence-electron chi connectivity index (χ0n) is 30.5. The molecule has 2 N–H and O–H groups in total. The van der Waals surface area contributed by atoms with Crippen LogP contribution >= 0.6 is 0 Å². The van der Waals surface area contributed by atoms with Gasteiger partial charge in [-0.2, -0.15) is 8.42 Å². The van der Waals surface area contributed by atoms with Crippen LogP contribution in [0.1, 0.15) is 63.4 Å². The monoisotopic (exact) mass is 756 g/mol. The van der Waals surface area contributed by atoms with Crippen LogP contribution in [-0.4, -0.2) is 97.9 Å². The predicted octanol–water partition coefficient (Wildman–Crippen LogP) is 3.59. The van der Waals surface area contributed by atoms with Crippen molar-refractivity contribution >= 4 is 34.0 Å². The van der Waals surface area contributed by atoms with Crippen molar-refractivity contribution in [1.29, 1.82) is 0 Å². The van der Waals surface area contributed by atoms with Crippen LogP contribution < -0.4 is 0 Å². The summed E-state index contributed by atoms with van der Waals surface area (Å²) in [5.41, 5.74) is -6.91. The Morgan fingerprint density at radius 3 is 2.17 bits per heavy atom. The van der Waals surface area contributed by atoms with Gasteiger partial charge in [0.15, 0.2) is 17.5 Å². The third kappa shape index (κ3) is 5.97. The summed E-state index contributed by atoms with van der Waals surface area (Å²) in [7, 11) is -3.61. The minimum absolute atomic E-state index is 0.0109. The van der Waals surface area contributed by atoms with Crippen LogP contribution in [0.5, 0.6) is 0 Å². The normalized spacial score (nSPS) is 34.6. The Morgan fingerprint density at radius 1 is 0.962 bits per heavy atom. The standard InChI is InChI=1S/C38H44O14S/c1-20-13-15-24(16-14-20)53(45,46)52-26-17-27-37(19-48-27,51-22(3)39)30-32(50-33(42)23-11-9-8-10-12-23)38(44)18-25(40)21(2)28(35(38,4)5)29(49-34(43)47-7)31(41)36(26,30)6/h8-16,25-27,29-30,32,40,44H,17-19H2,1-7H3/t25-,26-,27+,29+,30-,32-,36+,37-,38+/m0/s1. The average Bonchev–Trinajstić information content (AvgIpc) is 3.09. The van der Waals surface area contributed by atoms with Crippen molar-refractivity contribution in [3.8, 4) is 0 Å². The van der Waals surface area contributed by atoms with Gasteiger partial charge in [0.25, 0.3) is 10.1 Å². The molecular weight excluding hydrogens is 712 g/mol. The highest BCUT2D eigenvalue weighted by Crippen LogP contribution is 2.65. The van der Waals surface area contributed by atoms with Crippen molar-refractivity contribution < 1.29 is 65.7 Å². The summed E-state index contributed by atoms with van der Waals surface area (Å²) in [6.45, 7) is 8.54. The first-order valence-electron chi connectivity index (χ1n) is 17.2. The Morgan fingerprint density at radius 2 is 1.60 bits per heavy atom. The Balaban J connectivity index is 1.67. The quantitative estimate of drug-likeness (QED) is 0.180. The molecule has 3 fully saturated rings. The van der Waals surface area contributed by atoms with Crippen LogP contribution in [0.3, 0.4) is 0 Å². The maximum Gasteiger partial charge on any atom is 0.509 e. The van der Waals surface area contributed by atoms with E-state index >= 15 is 4.79 Å². The molecule has 53 heavy (non-hydrogen) atoms. The fraction of sp³-hybridized carbons (Fsp3) is 0.526. The van der Waals surface area contributed by atoms with E-state index in [1.807, 2.05) is 0 Å². The Bertz CT molecular complexity index is 1960. The van der Waals surface area contributed by atoms with Crippen molar-refractivity contribution in [2.45, 2.75) is 101 Å². The van der Waals surface area contributed by atoms with Gasteiger partial charge in [-0.3, -0.25) is 13.8 Å². The molecule has 0 radical (unpaired) electrons. The number of methoxy groups -OCH3 is 1. The van der Waals surface area contributed by atoms with Gasteiger partial charge < -0.3 is 33.9 Å². The number of ketones is 1. The second-order valence-corrected chi connectivity index (χ2v) is 16.6. The zero-order valence-corrected chi connectivity index (χ0v) is 31.3. The van der Waals surface area contributed by atoms with Gasteiger partial charge >= 0.3 is 18.1 Å². The van der Waals surface area contributed by atoms with Gasteiger partial charge in [-0.15, -0.1) is 0 Å². The van der Waals surface area contributed by atoms with E-state index in [9.17, 15) is 33.0 Å². The third-order valence-electron chi connectivity index (χ3n) is 11.8. The van der Waals surface area contributed by atoms with Crippen molar-refractivity contribution in [3.63, 3.8) is 0 Å². The number of esters is 2. The van der Waals surface area contributed by atoms with Gasteiger partial charge in [-0.25, -0.2) is 9.59 Å². The number of aliphatic hydroxyl groups excluding tert-OH is 1. The topological polar surface area (TPSA) is 198 Å². The molecule has 9 atom stereocenters. The largest absolute Gasteiger partial charge is 0.509 e. The fourth-order valence-electron chi connectivity index (χ4n) is 8.92. The lowest BCUT2D eigenvalue weighted by Crippen LogP contribution is -2.82. The van der Waals surface area contributed by atoms with E-state index in [2.05, 4.69) is 0 Å². The summed E-state index contributed by atoms with van der Waals surface area (Å²) in [6.07, 6.45) is -9.98. The number of carbonyl (C=O) groups excluding carboxylic acids is 4. The first-order chi connectivity index (χ1) is 24.7. The van der Waals surface area contributed by atoms with E-state index < -0.39 is 98.9 Å². The van der Waals surface area contributed by atoms with Crippen molar-refractivity contribution in [3.05, 3.63) is 76.9 Å². The first kappa shape index (κ1) is 38.6. The lowest BCUT2D eigenvalue weighted by atomic mass is 9.44. The molecule has 15 heteroatoms. The number of fused-ring (bicyclic) bond motifs is 5. The lowest BCUT2D eigenvalue weighted by molar-refractivity contribution is -0.343. The maximum atomic E-state index is 15.6. The maximum absolute atomic E-state index is 15.6. The molecule has 0 amide bonds. The van der Waals surface area contributed by atoms with E-state index in [1.165, 1.54) is 38.1 Å². The van der Waals surface area contributed by atoms with Crippen LogP contribution in [0, 0.1) is 23.7 Å². The van der Waals surface area contributed by atoms with Crippen LogP contribution in [-0.2, 0) is 47.6 Å². The smallest absolute Gasteiger partial charge is 0.455 e. The number of aliphatic hydroxyl groups is 2. The molecule has 0 aromatic heterocycles. The van der Waals surface area contributed by atoms with Crippen LogP contribution in [0.2, 0.25) is 0 Å². The summed E-state index contributed by atoms with van der Waals surface area (Å²) < 4.78 is 62.8. The second-order valence-electron chi connectivity index (χ2n) is 15.1. The molecule has 4 aliphatic rings. The number of ether oxygens (including phenoxy) is 5. The van der Waals surface area contributed by atoms with E-state index in [4.69, 9.17) is 27.9 Å². The molecule has 6 rings (SSSR count). The highest BCUT2D eigenvalue weighted by molar-refractivity contribution is 7.86. The van der Waals surface area contributed by atoms with Gasteiger partial charge in [-0.05, 0) is 56.2 Å². The minimum Gasteiger partial charge on any atom is -0.455 e. The molecule has 0 spiro atoms. The Labute approximate surface area is 307 Å². The number of aryl methyl sites for hydroxylation is 1. The number of hydrogen-bond acceptors (Lipinski definition) is 14. The molecule has 0 unspecified atom stereocenters. The fourth-order valence-corrected chi connectivity index (χ4v) is 10.1. The summed E-state index contributed by atoms with van der Waals surface area (Å²) in [5.74, 6) is -4.29. The Kier molecular flexibility index (Phi) is 9.68. The highest BCUT2D eigenvalue weighted by atomic mass is 32.2. The SMILES string of the molecule is COC(=O)O[C@H]1C(=O)[C@]2(C)[C@@H](OS(=O)(=O)c3ccc(C)cc3)C[C@H]3OC[C@@]3(OC(C)=O)[C@H]2[C@H](OC(=O)c2ccccc2)[C@]2(O)C[C@H](O)C(C)=C1C2(C)C. The zero-order chi connectivity index (χ0) is 38.9. The molecule has 286 valence electrons. The summed E-state index contributed by atoms with van der Waals surface area (Å²) in [6, 6.07) is 13.7. The summed E-state index contributed by atoms with van der Waals surface area (Å²) >= 11 is 0. The van der Waals surface area contributed by atoms with Crippen molar-refractivity contribution in [1.82, 2.24) is 0 Å². The second kappa shape index (κ2) is 13.3. The number of Topliss-reactive ketones (excluding diaryl/α,β-unsaturated/α-hetero) is 1. The molecule has 14 nitrogen and oxygen atoms in total. The van der Waals surface area contributed by atoms with E-state index in [-0.39, 0.29) is 34.6 Å². The van der Waals surface area contributed by atoms with Gasteiger partial charge in [0.05, 0.1) is 47.7 Å². The number of rotatable bonds is 7. The molecule has 1 aliphatic heterocycles. The van der Waals surface area contributed by atoms with Gasteiger partial charge in [-0.1, -0.05) is 49.7 Å². The van der Waals surface area contributed by atoms with Gasteiger partial charge in [0.2, 0.25) is 0 Å². The number of carbonyl (C=O) groups is 4. The van der Waals surface area contributed by atoms with Crippen LogP contribution in [0.25, 0.3) is 0 Å². The number of hydrogen-bond donors (Lipinski definition) is 2. The van der Waals surface area contributed by atoms with Crippen LogP contribution in [0.15, 0.2) is 70.6 Å². The molecule has 1 heterocycles. The lowest BCUT2D eigenvalue weighted by Gasteiger charge is -2.67. The van der Waals surface area contributed by atoms with Crippen molar-refractivity contribution in [2.75, 3.05) is 13.7 Å². The Hall–Kier alpha value is -4.15. The van der Waals surface area contributed by atoms with Gasteiger partial charge in [0.1, 0.15) is 17.8 Å². The molecule has 3 aliphatic carbocycles. The van der Waals surface area contributed by atoms with Crippen LogP contribution in [0.4, 0.5) is 4.79 Å². The molecule has 2 bridgehead atoms. The van der Waals surface area contributed by atoms with E-state index in [0.29, 0.717) is 0 Å². The van der Waals surface area contributed by atoms with Gasteiger partial charge in [0, 0.05) is 25.2 Å². The molecule has 1 saturated heterocycles. The number of benzene rings is 2. The van der Waals surface area contributed by atoms with E-state index in [0.717, 1.165) is 19.6 Å². The predicted molar refractivity (Wildman–Crippen MR) is 184 cm³/mol. The van der Waals surface area contributed by atoms with Crippen molar-refractivity contribution in [2.24, 2.45) is 16.7 Å². The first-order valence-corrected chi connectivity index (χ1v) is 18.6. The van der Waals surface area contributed by atoms with E-state index in [1.54, 1.807) is 51.1 Å². The molecule has 2 saturated carbocycles. The molecule has 2 aromatic rings. The highest BCUT2D eigenvalue weighted by Gasteiger charge is 2.79. The average molecular weight is 757 g/mol. The molecule has 2 aromatic carbocycles. The summed E-state index contributed by atoms with van der Waals surface area (Å²) in [5, 5.41) is 24.8. The third-order valence-corrected chi connectivity index (χ3v) is 13.2. The summed E-state index contributed by atoms with van der Waals surface area (Å²) in [4.78, 5) is 55.4.